The summed E-state index contributed by atoms with van der Waals surface area (Å²) in [5, 5.41) is 10.0. The third-order valence-corrected chi connectivity index (χ3v) is 5.49. The molecule has 3 aromatic heterocycles. The number of carbonyl (C=O) groups is 2. The molecule has 142 valence electrons. The fourth-order valence-electron chi connectivity index (χ4n) is 2.46. The summed E-state index contributed by atoms with van der Waals surface area (Å²) < 4.78 is 6.74. The van der Waals surface area contributed by atoms with Gasteiger partial charge in [-0.2, -0.15) is 5.10 Å². The van der Waals surface area contributed by atoms with Crippen molar-refractivity contribution in [3.8, 4) is 5.13 Å². The van der Waals surface area contributed by atoms with Crippen LogP contribution in [0.15, 0.2) is 11.4 Å². The fourth-order valence-corrected chi connectivity index (χ4v) is 4.17. The molecule has 0 unspecified atom stereocenters. The molecule has 10 heteroatoms. The number of nitrogens with zero attached hydrogens (tertiary/aromatic N) is 4. The average molecular weight is 406 g/mol. The summed E-state index contributed by atoms with van der Waals surface area (Å²) >= 11 is 2.53. The van der Waals surface area contributed by atoms with Gasteiger partial charge in [-0.25, -0.2) is 19.4 Å². The highest BCUT2D eigenvalue weighted by Crippen LogP contribution is 2.24. The third kappa shape index (κ3) is 4.40. The van der Waals surface area contributed by atoms with E-state index in [1.807, 2.05) is 25.3 Å². The second-order valence-corrected chi connectivity index (χ2v) is 7.67. The van der Waals surface area contributed by atoms with E-state index < -0.39 is 5.97 Å². The van der Waals surface area contributed by atoms with E-state index in [9.17, 15) is 9.59 Å². The van der Waals surface area contributed by atoms with Crippen LogP contribution in [-0.4, -0.2) is 38.2 Å². The van der Waals surface area contributed by atoms with Gasteiger partial charge in [0.25, 0.3) is 0 Å². The van der Waals surface area contributed by atoms with Gasteiger partial charge in [0.1, 0.15) is 4.88 Å². The molecule has 3 aromatic rings. The second kappa shape index (κ2) is 7.97. The maximum Gasteiger partial charge on any atom is 0.350 e. The maximum absolute atomic E-state index is 12.3. The van der Waals surface area contributed by atoms with Crippen LogP contribution in [0.5, 0.6) is 0 Å². The van der Waals surface area contributed by atoms with Gasteiger partial charge in [0.2, 0.25) is 11.0 Å². The Hall–Kier alpha value is -2.59. The average Bonchev–Trinajstić information content (AvgIpc) is 3.27. The van der Waals surface area contributed by atoms with Crippen LogP contribution < -0.4 is 5.32 Å². The van der Waals surface area contributed by atoms with Crippen LogP contribution in [0.25, 0.3) is 5.13 Å². The molecule has 0 spiro atoms. The first-order chi connectivity index (χ1) is 12.9. The molecule has 0 aliphatic heterocycles. The molecule has 0 radical (unpaired) electrons. The number of thiazole rings is 2. The summed E-state index contributed by atoms with van der Waals surface area (Å²) in [6.45, 7) is 7.62. The Kier molecular flexibility index (Phi) is 5.66. The monoisotopic (exact) mass is 405 g/mol. The SMILES string of the molecule is CCOC(=O)c1sc(NC(=O)Cc2csc(-n3nc(C)cc3C)n2)nc1C. The van der Waals surface area contributed by atoms with Crippen LogP contribution in [0.3, 0.4) is 0 Å². The van der Waals surface area contributed by atoms with Crippen molar-refractivity contribution < 1.29 is 14.3 Å². The Morgan fingerprint density at radius 1 is 1.26 bits per heavy atom. The van der Waals surface area contributed by atoms with Crippen molar-refractivity contribution in [2.75, 3.05) is 11.9 Å². The van der Waals surface area contributed by atoms with Crippen LogP contribution >= 0.6 is 22.7 Å². The number of aromatic nitrogens is 4. The summed E-state index contributed by atoms with van der Waals surface area (Å²) in [6.07, 6.45) is 0.114. The Morgan fingerprint density at radius 2 is 2.04 bits per heavy atom. The van der Waals surface area contributed by atoms with Gasteiger partial charge in [0, 0.05) is 11.1 Å². The molecular formula is C17H19N5O3S2. The highest BCUT2D eigenvalue weighted by molar-refractivity contribution is 7.17. The molecule has 0 fully saturated rings. The molecule has 0 aliphatic rings. The maximum atomic E-state index is 12.3. The second-order valence-electron chi connectivity index (χ2n) is 5.84. The number of anilines is 1. The Morgan fingerprint density at radius 3 is 2.70 bits per heavy atom. The Balaban J connectivity index is 1.66. The minimum Gasteiger partial charge on any atom is -0.462 e. The van der Waals surface area contributed by atoms with Gasteiger partial charge in [-0.05, 0) is 33.8 Å². The first-order valence-electron chi connectivity index (χ1n) is 8.29. The predicted molar refractivity (Wildman–Crippen MR) is 104 cm³/mol. The fraction of sp³-hybridized carbons (Fsp3) is 0.353. The molecule has 1 amide bonds. The quantitative estimate of drug-likeness (QED) is 0.633. The van der Waals surface area contributed by atoms with E-state index in [0.29, 0.717) is 28.0 Å². The molecule has 1 N–H and O–H groups in total. The van der Waals surface area contributed by atoms with E-state index in [2.05, 4.69) is 20.4 Å². The molecule has 0 aromatic carbocycles. The number of amides is 1. The molecule has 0 saturated heterocycles. The molecule has 27 heavy (non-hydrogen) atoms. The van der Waals surface area contributed by atoms with Gasteiger partial charge < -0.3 is 10.1 Å². The van der Waals surface area contributed by atoms with Crippen molar-refractivity contribution in [2.45, 2.75) is 34.1 Å². The van der Waals surface area contributed by atoms with Gasteiger partial charge in [-0.15, -0.1) is 11.3 Å². The summed E-state index contributed by atoms with van der Waals surface area (Å²) in [4.78, 5) is 33.2. The number of aryl methyl sites for hydroxylation is 3. The summed E-state index contributed by atoms with van der Waals surface area (Å²) in [6, 6.07) is 1.97. The van der Waals surface area contributed by atoms with Crippen LogP contribution in [0, 0.1) is 20.8 Å². The van der Waals surface area contributed by atoms with Crippen molar-refractivity contribution in [1.29, 1.82) is 0 Å². The van der Waals surface area contributed by atoms with Gasteiger partial charge in [0.05, 0.1) is 30.1 Å². The molecule has 0 bridgehead atoms. The van der Waals surface area contributed by atoms with Gasteiger partial charge in [-0.3, -0.25) is 4.79 Å². The van der Waals surface area contributed by atoms with Crippen molar-refractivity contribution >= 4 is 39.7 Å². The van der Waals surface area contributed by atoms with E-state index in [-0.39, 0.29) is 12.3 Å². The molecule has 3 rings (SSSR count). The number of rotatable bonds is 6. The van der Waals surface area contributed by atoms with Crippen LogP contribution in [0.2, 0.25) is 0 Å². The standard InChI is InChI=1S/C17H19N5O3S2/c1-5-25-15(24)14-11(4)18-16(27-14)20-13(23)7-12-8-26-17(19-12)22-10(3)6-9(2)21-22/h6,8H,5,7H2,1-4H3,(H,18,20,23). The van der Waals surface area contributed by atoms with Crippen molar-refractivity contribution in [2.24, 2.45) is 0 Å². The first-order valence-corrected chi connectivity index (χ1v) is 9.99. The van der Waals surface area contributed by atoms with Gasteiger partial charge >= 0.3 is 5.97 Å². The molecule has 0 atom stereocenters. The van der Waals surface area contributed by atoms with E-state index in [1.165, 1.54) is 11.3 Å². The Bertz CT molecular complexity index is 989. The molecule has 0 aliphatic carbocycles. The topological polar surface area (TPSA) is 99.0 Å². The molecule has 8 nitrogen and oxygen atoms in total. The number of ether oxygens (including phenoxy) is 1. The van der Waals surface area contributed by atoms with Crippen molar-refractivity contribution in [3.63, 3.8) is 0 Å². The highest BCUT2D eigenvalue weighted by atomic mass is 32.1. The number of carbonyl (C=O) groups excluding carboxylic acids is 2. The number of hydrogen-bond acceptors (Lipinski definition) is 8. The van der Waals surface area contributed by atoms with E-state index in [1.54, 1.807) is 18.5 Å². The van der Waals surface area contributed by atoms with E-state index >= 15 is 0 Å². The first kappa shape index (κ1) is 19.2. The smallest absolute Gasteiger partial charge is 0.350 e. The summed E-state index contributed by atoms with van der Waals surface area (Å²) in [5.41, 5.74) is 3.09. The third-order valence-electron chi connectivity index (χ3n) is 3.58. The summed E-state index contributed by atoms with van der Waals surface area (Å²) in [7, 11) is 0. The lowest BCUT2D eigenvalue weighted by atomic mass is 10.3. The lowest BCUT2D eigenvalue weighted by molar-refractivity contribution is -0.115. The van der Waals surface area contributed by atoms with Crippen molar-refractivity contribution in [3.05, 3.63) is 39.1 Å². The van der Waals surface area contributed by atoms with Gasteiger partial charge in [0.15, 0.2) is 5.13 Å². The van der Waals surface area contributed by atoms with Crippen LogP contribution in [0.1, 0.15) is 39.4 Å². The van der Waals surface area contributed by atoms with Crippen LogP contribution in [-0.2, 0) is 16.0 Å². The minimum atomic E-state index is -0.429. The largest absolute Gasteiger partial charge is 0.462 e. The lowest BCUT2D eigenvalue weighted by Gasteiger charge is -2.00. The van der Waals surface area contributed by atoms with Crippen molar-refractivity contribution in [1.82, 2.24) is 19.7 Å². The summed E-state index contributed by atoms with van der Waals surface area (Å²) in [5.74, 6) is -0.675. The predicted octanol–water partition coefficient (Wildman–Crippen LogP) is 3.07. The highest BCUT2D eigenvalue weighted by Gasteiger charge is 2.18. The van der Waals surface area contributed by atoms with Crippen LogP contribution in [0.4, 0.5) is 5.13 Å². The number of nitrogens with one attached hydrogen (secondary N) is 1. The lowest BCUT2D eigenvalue weighted by Crippen LogP contribution is -2.14. The Labute approximate surface area is 164 Å². The zero-order valence-electron chi connectivity index (χ0n) is 15.4. The van der Waals surface area contributed by atoms with E-state index in [0.717, 1.165) is 27.9 Å². The molecule has 3 heterocycles. The molecular weight excluding hydrogens is 386 g/mol. The number of hydrogen-bond donors (Lipinski definition) is 1. The normalized spacial score (nSPS) is 10.8. The van der Waals surface area contributed by atoms with E-state index in [4.69, 9.17) is 4.74 Å². The molecule has 0 saturated carbocycles. The number of esters is 1. The minimum absolute atomic E-state index is 0.114. The zero-order valence-corrected chi connectivity index (χ0v) is 17.0. The zero-order chi connectivity index (χ0) is 19.6. The van der Waals surface area contributed by atoms with Gasteiger partial charge in [-0.1, -0.05) is 11.3 Å².